The van der Waals surface area contributed by atoms with E-state index in [0.29, 0.717) is 5.92 Å². The van der Waals surface area contributed by atoms with Crippen molar-refractivity contribution in [2.24, 2.45) is 23.7 Å². The molecule has 0 aromatic carbocycles. The Balaban J connectivity index is 2.40. The minimum atomic E-state index is 0.0535. The molecule has 0 bridgehead atoms. The first-order chi connectivity index (χ1) is 8.45. The molecule has 0 aliphatic heterocycles. The first-order valence-electron chi connectivity index (χ1n) is 7.66. The minimum Gasteiger partial charge on any atom is -0.462 e. The van der Waals surface area contributed by atoms with Crippen LogP contribution in [0.1, 0.15) is 66.7 Å². The van der Waals surface area contributed by atoms with Gasteiger partial charge in [-0.15, -0.1) is 0 Å². The van der Waals surface area contributed by atoms with E-state index in [2.05, 4.69) is 34.6 Å². The molecule has 2 heteroatoms. The molecule has 106 valence electrons. The largest absolute Gasteiger partial charge is 0.462 e. The minimum absolute atomic E-state index is 0.0535. The van der Waals surface area contributed by atoms with Gasteiger partial charge in [-0.05, 0) is 49.9 Å². The topological polar surface area (TPSA) is 26.3 Å². The fourth-order valence-corrected chi connectivity index (χ4v) is 2.96. The van der Waals surface area contributed by atoms with Crippen molar-refractivity contribution in [1.29, 1.82) is 0 Å². The van der Waals surface area contributed by atoms with E-state index in [9.17, 15) is 4.79 Å². The van der Waals surface area contributed by atoms with Gasteiger partial charge in [0.25, 0.3) is 0 Å². The Labute approximate surface area is 112 Å². The molecule has 0 N–H and O–H groups in total. The molecule has 0 saturated heterocycles. The van der Waals surface area contributed by atoms with Gasteiger partial charge < -0.3 is 4.74 Å². The summed E-state index contributed by atoms with van der Waals surface area (Å²) >= 11 is 0. The molecule has 1 saturated carbocycles. The second-order valence-corrected chi connectivity index (χ2v) is 6.48. The normalized spacial score (nSPS) is 26.4. The summed E-state index contributed by atoms with van der Waals surface area (Å²) in [6.07, 6.45) is 5.45. The molecular weight excluding hydrogens is 224 g/mol. The van der Waals surface area contributed by atoms with E-state index < -0.39 is 0 Å². The molecule has 1 rings (SSSR count). The third-order valence-electron chi connectivity index (χ3n) is 4.46. The highest BCUT2D eigenvalue weighted by Gasteiger charge is 2.30. The van der Waals surface area contributed by atoms with Gasteiger partial charge in [0.2, 0.25) is 0 Å². The summed E-state index contributed by atoms with van der Waals surface area (Å²) in [5.74, 6) is 2.19. The number of ether oxygens (including phenoxy) is 1. The number of carbonyl (C=O) groups is 1. The molecule has 1 atom stereocenters. The summed E-state index contributed by atoms with van der Waals surface area (Å²) in [7, 11) is 0. The van der Waals surface area contributed by atoms with Crippen LogP contribution < -0.4 is 0 Å². The maximum atomic E-state index is 12.1. The zero-order valence-electron chi connectivity index (χ0n) is 12.7. The van der Waals surface area contributed by atoms with Gasteiger partial charge in [0.15, 0.2) is 0 Å². The lowest BCUT2D eigenvalue weighted by Gasteiger charge is -2.31. The summed E-state index contributed by atoms with van der Waals surface area (Å²) < 4.78 is 5.66. The van der Waals surface area contributed by atoms with Crippen LogP contribution in [0, 0.1) is 23.7 Å². The lowest BCUT2D eigenvalue weighted by Crippen LogP contribution is -2.30. The maximum absolute atomic E-state index is 12.1. The van der Waals surface area contributed by atoms with Crippen molar-refractivity contribution in [3.05, 3.63) is 0 Å². The molecule has 0 spiro atoms. The summed E-state index contributed by atoms with van der Waals surface area (Å²) in [6, 6.07) is 0. The van der Waals surface area contributed by atoms with Crippen LogP contribution in [0.2, 0.25) is 0 Å². The average molecular weight is 254 g/mol. The van der Waals surface area contributed by atoms with Crippen molar-refractivity contribution in [3.8, 4) is 0 Å². The second-order valence-electron chi connectivity index (χ2n) is 6.48. The van der Waals surface area contributed by atoms with Gasteiger partial charge in [-0.25, -0.2) is 0 Å². The SMILES string of the molecule is CCC(OC(=O)C1CCC(C(C)C)CC1)C(C)C. The highest BCUT2D eigenvalue weighted by molar-refractivity contribution is 5.72. The highest BCUT2D eigenvalue weighted by Crippen LogP contribution is 2.34. The van der Waals surface area contributed by atoms with Crippen molar-refractivity contribution >= 4 is 5.97 Å². The van der Waals surface area contributed by atoms with Crippen molar-refractivity contribution in [2.75, 3.05) is 0 Å². The monoisotopic (exact) mass is 254 g/mol. The molecule has 1 unspecified atom stereocenters. The summed E-state index contributed by atoms with van der Waals surface area (Å²) in [6.45, 7) is 10.9. The predicted octanol–water partition coefficient (Wildman–Crippen LogP) is 4.43. The highest BCUT2D eigenvalue weighted by atomic mass is 16.5. The van der Waals surface area contributed by atoms with Gasteiger partial charge in [-0.1, -0.05) is 34.6 Å². The Kier molecular flexibility index (Phi) is 6.17. The average Bonchev–Trinajstić information content (AvgIpc) is 2.35. The number of hydrogen-bond acceptors (Lipinski definition) is 2. The molecule has 0 aromatic rings. The van der Waals surface area contributed by atoms with Crippen molar-refractivity contribution in [1.82, 2.24) is 0 Å². The van der Waals surface area contributed by atoms with E-state index in [-0.39, 0.29) is 18.0 Å². The number of carbonyl (C=O) groups excluding carboxylic acids is 1. The second kappa shape index (κ2) is 7.16. The summed E-state index contributed by atoms with van der Waals surface area (Å²) in [5.41, 5.74) is 0. The van der Waals surface area contributed by atoms with E-state index in [1.807, 2.05) is 0 Å². The van der Waals surface area contributed by atoms with Crippen LogP contribution in [0.3, 0.4) is 0 Å². The lowest BCUT2D eigenvalue weighted by molar-refractivity contribution is -0.158. The quantitative estimate of drug-likeness (QED) is 0.679. The van der Waals surface area contributed by atoms with Crippen molar-refractivity contribution in [2.45, 2.75) is 72.8 Å². The molecule has 1 fully saturated rings. The van der Waals surface area contributed by atoms with Gasteiger partial charge in [0.05, 0.1) is 5.92 Å². The first kappa shape index (κ1) is 15.5. The van der Waals surface area contributed by atoms with Gasteiger partial charge in [0, 0.05) is 0 Å². The fourth-order valence-electron chi connectivity index (χ4n) is 2.96. The van der Waals surface area contributed by atoms with E-state index in [0.717, 1.165) is 31.1 Å². The first-order valence-corrected chi connectivity index (χ1v) is 7.66. The van der Waals surface area contributed by atoms with Gasteiger partial charge in [-0.2, -0.15) is 0 Å². The van der Waals surface area contributed by atoms with Crippen molar-refractivity contribution < 1.29 is 9.53 Å². The molecule has 18 heavy (non-hydrogen) atoms. The smallest absolute Gasteiger partial charge is 0.309 e. The fraction of sp³-hybridized carbons (Fsp3) is 0.938. The van der Waals surface area contributed by atoms with Crippen LogP contribution in [0.15, 0.2) is 0 Å². The molecular formula is C16H30O2. The lowest BCUT2D eigenvalue weighted by atomic mass is 9.77. The number of esters is 1. The zero-order valence-corrected chi connectivity index (χ0v) is 12.7. The molecule has 0 amide bonds. The Morgan fingerprint density at radius 3 is 2.06 bits per heavy atom. The number of rotatable bonds is 5. The maximum Gasteiger partial charge on any atom is 0.309 e. The van der Waals surface area contributed by atoms with Gasteiger partial charge >= 0.3 is 5.97 Å². The van der Waals surface area contributed by atoms with E-state index >= 15 is 0 Å². The van der Waals surface area contributed by atoms with Crippen molar-refractivity contribution in [3.63, 3.8) is 0 Å². The molecule has 0 radical (unpaired) electrons. The van der Waals surface area contributed by atoms with Crippen LogP contribution in [-0.4, -0.2) is 12.1 Å². The molecule has 1 aliphatic carbocycles. The third-order valence-corrected chi connectivity index (χ3v) is 4.46. The van der Waals surface area contributed by atoms with E-state index in [4.69, 9.17) is 4.74 Å². The molecule has 2 nitrogen and oxygen atoms in total. The van der Waals surface area contributed by atoms with E-state index in [1.54, 1.807) is 0 Å². The summed E-state index contributed by atoms with van der Waals surface area (Å²) in [4.78, 5) is 12.1. The standard InChI is InChI=1S/C16H30O2/c1-6-15(12(4)5)18-16(17)14-9-7-13(8-10-14)11(2)3/h11-15H,6-10H2,1-5H3. The van der Waals surface area contributed by atoms with Crippen LogP contribution in [-0.2, 0) is 9.53 Å². The summed E-state index contributed by atoms with van der Waals surface area (Å²) in [5, 5.41) is 0. The Bertz CT molecular complexity index is 250. The Morgan fingerprint density at radius 2 is 1.67 bits per heavy atom. The molecule has 0 heterocycles. The predicted molar refractivity (Wildman–Crippen MR) is 75.3 cm³/mol. The van der Waals surface area contributed by atoms with Crippen LogP contribution >= 0.6 is 0 Å². The van der Waals surface area contributed by atoms with Crippen LogP contribution in [0.5, 0.6) is 0 Å². The Hall–Kier alpha value is -0.530. The van der Waals surface area contributed by atoms with Gasteiger partial charge in [-0.3, -0.25) is 4.79 Å². The molecule has 0 aromatic heterocycles. The van der Waals surface area contributed by atoms with Crippen LogP contribution in [0.25, 0.3) is 0 Å². The number of hydrogen-bond donors (Lipinski definition) is 0. The van der Waals surface area contributed by atoms with E-state index in [1.165, 1.54) is 12.8 Å². The van der Waals surface area contributed by atoms with Crippen LogP contribution in [0.4, 0.5) is 0 Å². The third kappa shape index (κ3) is 4.29. The zero-order chi connectivity index (χ0) is 13.7. The van der Waals surface area contributed by atoms with Gasteiger partial charge in [0.1, 0.15) is 6.10 Å². The Morgan fingerprint density at radius 1 is 1.11 bits per heavy atom. The molecule has 1 aliphatic rings.